The standard InChI is InChI=1S/C12H23N5/c1-4-17(7-5-6-16(2)3)12-14-9-11(8-13)10-15-12/h9-10H,4-8,13H2,1-3H3. The van der Waals surface area contributed by atoms with Gasteiger partial charge in [-0.05, 0) is 34.0 Å². The molecule has 0 spiro atoms. The highest BCUT2D eigenvalue weighted by Crippen LogP contribution is 2.07. The van der Waals surface area contributed by atoms with Gasteiger partial charge in [-0.1, -0.05) is 0 Å². The fraction of sp³-hybridized carbons (Fsp3) is 0.667. The highest BCUT2D eigenvalue weighted by Gasteiger charge is 2.06. The van der Waals surface area contributed by atoms with E-state index in [2.05, 4.69) is 40.8 Å². The largest absolute Gasteiger partial charge is 0.341 e. The molecular weight excluding hydrogens is 214 g/mol. The number of nitrogens with zero attached hydrogens (tertiary/aromatic N) is 4. The lowest BCUT2D eigenvalue weighted by molar-refractivity contribution is 0.400. The van der Waals surface area contributed by atoms with Gasteiger partial charge in [-0.2, -0.15) is 0 Å². The maximum atomic E-state index is 5.52. The fourth-order valence-corrected chi connectivity index (χ4v) is 1.59. The van der Waals surface area contributed by atoms with Crippen LogP contribution in [-0.4, -0.2) is 48.6 Å². The van der Waals surface area contributed by atoms with Crippen molar-refractivity contribution in [3.8, 4) is 0 Å². The molecule has 0 aliphatic carbocycles. The van der Waals surface area contributed by atoms with Gasteiger partial charge < -0.3 is 15.5 Å². The molecule has 0 saturated heterocycles. The Morgan fingerprint density at radius 2 is 1.82 bits per heavy atom. The predicted octanol–water partition coefficient (Wildman–Crippen LogP) is 0.713. The molecule has 0 aliphatic rings. The van der Waals surface area contributed by atoms with Crippen LogP contribution in [0.1, 0.15) is 18.9 Å². The van der Waals surface area contributed by atoms with Crippen molar-refractivity contribution in [2.24, 2.45) is 5.73 Å². The zero-order chi connectivity index (χ0) is 12.7. The van der Waals surface area contributed by atoms with Crippen molar-refractivity contribution in [3.63, 3.8) is 0 Å². The molecular formula is C12H23N5. The highest BCUT2D eigenvalue weighted by atomic mass is 15.2. The number of nitrogens with two attached hydrogens (primary N) is 1. The van der Waals surface area contributed by atoms with E-state index in [-0.39, 0.29) is 0 Å². The summed E-state index contributed by atoms with van der Waals surface area (Å²) in [5.74, 6) is 0.795. The zero-order valence-electron chi connectivity index (χ0n) is 11.1. The summed E-state index contributed by atoms with van der Waals surface area (Å²) in [4.78, 5) is 13.1. The van der Waals surface area contributed by atoms with Crippen LogP contribution in [0.3, 0.4) is 0 Å². The molecule has 0 aliphatic heterocycles. The minimum Gasteiger partial charge on any atom is -0.341 e. The van der Waals surface area contributed by atoms with Crippen molar-refractivity contribution in [2.45, 2.75) is 19.9 Å². The van der Waals surface area contributed by atoms with Crippen molar-refractivity contribution in [2.75, 3.05) is 38.6 Å². The van der Waals surface area contributed by atoms with E-state index in [9.17, 15) is 0 Å². The van der Waals surface area contributed by atoms with Gasteiger partial charge in [0.05, 0.1) is 0 Å². The van der Waals surface area contributed by atoms with Gasteiger partial charge in [0.1, 0.15) is 0 Å². The van der Waals surface area contributed by atoms with Gasteiger partial charge >= 0.3 is 0 Å². The molecule has 1 aromatic heterocycles. The van der Waals surface area contributed by atoms with Crippen molar-refractivity contribution in [3.05, 3.63) is 18.0 Å². The van der Waals surface area contributed by atoms with E-state index in [1.807, 2.05) is 0 Å². The van der Waals surface area contributed by atoms with Crippen LogP contribution in [0, 0.1) is 0 Å². The van der Waals surface area contributed by atoms with Gasteiger partial charge in [0.2, 0.25) is 5.95 Å². The van der Waals surface area contributed by atoms with Crippen LogP contribution in [0.5, 0.6) is 0 Å². The van der Waals surface area contributed by atoms with Crippen LogP contribution in [0.2, 0.25) is 0 Å². The Bertz CT molecular complexity index is 309. The lowest BCUT2D eigenvalue weighted by Crippen LogP contribution is -2.28. The van der Waals surface area contributed by atoms with Crippen molar-refractivity contribution < 1.29 is 0 Å². The Morgan fingerprint density at radius 3 is 2.29 bits per heavy atom. The third kappa shape index (κ3) is 4.66. The van der Waals surface area contributed by atoms with Gasteiger partial charge in [-0.15, -0.1) is 0 Å². The van der Waals surface area contributed by atoms with E-state index in [1.54, 1.807) is 12.4 Å². The Balaban J connectivity index is 2.53. The first kappa shape index (κ1) is 13.9. The van der Waals surface area contributed by atoms with Crippen LogP contribution in [0.25, 0.3) is 0 Å². The minimum absolute atomic E-state index is 0.493. The predicted molar refractivity (Wildman–Crippen MR) is 71.0 cm³/mol. The minimum atomic E-state index is 0.493. The molecule has 0 saturated carbocycles. The van der Waals surface area contributed by atoms with Gasteiger partial charge in [-0.25, -0.2) is 9.97 Å². The second kappa shape index (κ2) is 7.19. The summed E-state index contributed by atoms with van der Waals surface area (Å²) in [6.45, 7) is 5.60. The summed E-state index contributed by atoms with van der Waals surface area (Å²) < 4.78 is 0. The average Bonchev–Trinajstić information content (AvgIpc) is 2.34. The number of rotatable bonds is 7. The highest BCUT2D eigenvalue weighted by molar-refractivity contribution is 5.29. The molecule has 0 atom stereocenters. The Labute approximate surface area is 104 Å². The number of anilines is 1. The molecule has 96 valence electrons. The first-order chi connectivity index (χ1) is 8.17. The van der Waals surface area contributed by atoms with Crippen LogP contribution < -0.4 is 10.6 Å². The SMILES string of the molecule is CCN(CCCN(C)C)c1ncc(CN)cn1. The zero-order valence-corrected chi connectivity index (χ0v) is 11.1. The first-order valence-electron chi connectivity index (χ1n) is 6.08. The second-order valence-corrected chi connectivity index (χ2v) is 4.33. The van der Waals surface area contributed by atoms with Crippen LogP contribution in [0.4, 0.5) is 5.95 Å². The van der Waals surface area contributed by atoms with E-state index in [0.29, 0.717) is 6.54 Å². The van der Waals surface area contributed by atoms with Gasteiger partial charge in [0.25, 0.3) is 0 Å². The third-order valence-electron chi connectivity index (χ3n) is 2.63. The molecule has 2 N–H and O–H groups in total. The first-order valence-corrected chi connectivity index (χ1v) is 6.08. The molecule has 0 bridgehead atoms. The topological polar surface area (TPSA) is 58.3 Å². The molecule has 1 aromatic rings. The molecule has 0 aromatic carbocycles. The van der Waals surface area contributed by atoms with Crippen LogP contribution >= 0.6 is 0 Å². The molecule has 5 heteroatoms. The molecule has 17 heavy (non-hydrogen) atoms. The monoisotopic (exact) mass is 237 g/mol. The number of hydrogen-bond donors (Lipinski definition) is 1. The summed E-state index contributed by atoms with van der Waals surface area (Å²) in [5.41, 5.74) is 6.49. The molecule has 0 radical (unpaired) electrons. The number of hydrogen-bond acceptors (Lipinski definition) is 5. The van der Waals surface area contributed by atoms with Crippen LogP contribution in [0.15, 0.2) is 12.4 Å². The maximum Gasteiger partial charge on any atom is 0.225 e. The molecule has 1 heterocycles. The Morgan fingerprint density at radius 1 is 1.18 bits per heavy atom. The van der Waals surface area contributed by atoms with E-state index in [1.165, 1.54) is 0 Å². The summed E-state index contributed by atoms with van der Waals surface area (Å²) in [6, 6.07) is 0. The van der Waals surface area contributed by atoms with E-state index in [0.717, 1.165) is 37.6 Å². The third-order valence-corrected chi connectivity index (χ3v) is 2.63. The molecule has 0 unspecified atom stereocenters. The summed E-state index contributed by atoms with van der Waals surface area (Å²) in [6.07, 6.45) is 4.72. The fourth-order valence-electron chi connectivity index (χ4n) is 1.59. The molecule has 0 amide bonds. The maximum absolute atomic E-state index is 5.52. The van der Waals surface area contributed by atoms with Crippen molar-refractivity contribution in [1.29, 1.82) is 0 Å². The molecule has 1 rings (SSSR count). The second-order valence-electron chi connectivity index (χ2n) is 4.33. The summed E-state index contributed by atoms with van der Waals surface area (Å²) >= 11 is 0. The van der Waals surface area contributed by atoms with Gasteiger partial charge in [0, 0.05) is 37.6 Å². The van der Waals surface area contributed by atoms with E-state index in [4.69, 9.17) is 5.73 Å². The smallest absolute Gasteiger partial charge is 0.225 e. The number of aromatic nitrogens is 2. The van der Waals surface area contributed by atoms with Crippen molar-refractivity contribution in [1.82, 2.24) is 14.9 Å². The lowest BCUT2D eigenvalue weighted by atomic mass is 10.3. The average molecular weight is 237 g/mol. The summed E-state index contributed by atoms with van der Waals surface area (Å²) in [5, 5.41) is 0. The quantitative estimate of drug-likeness (QED) is 0.757. The van der Waals surface area contributed by atoms with Crippen molar-refractivity contribution >= 4 is 5.95 Å². The van der Waals surface area contributed by atoms with Gasteiger partial charge in [-0.3, -0.25) is 0 Å². The van der Waals surface area contributed by atoms with E-state index >= 15 is 0 Å². The summed E-state index contributed by atoms with van der Waals surface area (Å²) in [7, 11) is 4.17. The Kier molecular flexibility index (Phi) is 5.86. The lowest BCUT2D eigenvalue weighted by Gasteiger charge is -2.21. The normalized spacial score (nSPS) is 10.9. The molecule has 5 nitrogen and oxygen atoms in total. The van der Waals surface area contributed by atoms with E-state index < -0.39 is 0 Å². The van der Waals surface area contributed by atoms with Crippen LogP contribution in [-0.2, 0) is 6.54 Å². The van der Waals surface area contributed by atoms with Gasteiger partial charge in [0.15, 0.2) is 0 Å². The Hall–Kier alpha value is -1.20. The molecule has 0 fully saturated rings.